The zero-order chi connectivity index (χ0) is 13.5. The highest BCUT2D eigenvalue weighted by Crippen LogP contribution is 2.36. The highest BCUT2D eigenvalue weighted by Gasteiger charge is 2.36. The van der Waals surface area contributed by atoms with Gasteiger partial charge in [0.2, 0.25) is 0 Å². The fraction of sp³-hybridized carbons (Fsp3) is 0.588. The second-order valence-electron chi connectivity index (χ2n) is 4.55. The number of carbonyl (C=O) groups excluding carboxylic acids is 1. The zero-order valence-electron chi connectivity index (χ0n) is 12.2. The van der Waals surface area contributed by atoms with E-state index in [4.69, 9.17) is 0 Å². The lowest BCUT2D eigenvalue weighted by Gasteiger charge is -2.10. The van der Waals surface area contributed by atoms with E-state index in [1.54, 1.807) is 0 Å². The summed E-state index contributed by atoms with van der Waals surface area (Å²) in [6, 6.07) is 8.54. The molecule has 0 heterocycles. The average Bonchev–Trinajstić information content (AvgIpc) is 2.69. The molecule has 2 aliphatic carbocycles. The molecule has 2 aliphatic rings. The van der Waals surface area contributed by atoms with Gasteiger partial charge in [-0.1, -0.05) is 52.0 Å². The van der Waals surface area contributed by atoms with Gasteiger partial charge in [-0.3, -0.25) is 4.79 Å². The number of Topliss-reactive ketones (excluding diaryl/α,β-unsaturated/α-hetero) is 1. The molecular formula is C17H26O. The van der Waals surface area contributed by atoms with Gasteiger partial charge in [-0.05, 0) is 36.8 Å². The maximum atomic E-state index is 11.9. The van der Waals surface area contributed by atoms with E-state index < -0.39 is 0 Å². The molecule has 2 bridgehead atoms. The molecule has 18 heavy (non-hydrogen) atoms. The van der Waals surface area contributed by atoms with Crippen molar-refractivity contribution in [1.29, 1.82) is 0 Å². The van der Waals surface area contributed by atoms with E-state index >= 15 is 0 Å². The average molecular weight is 246 g/mol. The summed E-state index contributed by atoms with van der Waals surface area (Å²) >= 11 is 0. The fourth-order valence-corrected chi connectivity index (χ4v) is 2.91. The molecule has 1 aromatic carbocycles. The molecule has 0 unspecified atom stereocenters. The molecule has 1 saturated carbocycles. The first-order valence-corrected chi connectivity index (χ1v) is 7.45. The highest BCUT2D eigenvalue weighted by molar-refractivity contribution is 5.86. The van der Waals surface area contributed by atoms with Crippen LogP contribution in [-0.2, 0) is 17.6 Å². The Morgan fingerprint density at radius 2 is 1.22 bits per heavy atom. The lowest BCUT2D eigenvalue weighted by Crippen LogP contribution is -2.13. The Morgan fingerprint density at radius 3 is 1.61 bits per heavy atom. The Bertz CT molecular complexity index is 346. The molecule has 0 aliphatic heterocycles. The molecule has 1 nitrogen and oxygen atoms in total. The van der Waals surface area contributed by atoms with E-state index in [1.165, 1.54) is 11.1 Å². The molecule has 0 saturated heterocycles. The van der Waals surface area contributed by atoms with Crippen LogP contribution in [0.3, 0.4) is 0 Å². The van der Waals surface area contributed by atoms with Crippen molar-refractivity contribution in [3.63, 3.8) is 0 Å². The molecule has 0 radical (unpaired) electrons. The van der Waals surface area contributed by atoms with Gasteiger partial charge in [-0.25, -0.2) is 0 Å². The van der Waals surface area contributed by atoms with Gasteiger partial charge in [-0.2, -0.15) is 0 Å². The van der Waals surface area contributed by atoms with E-state index in [0.29, 0.717) is 17.6 Å². The van der Waals surface area contributed by atoms with Gasteiger partial charge in [0.15, 0.2) is 0 Å². The fourth-order valence-electron chi connectivity index (χ4n) is 2.91. The summed E-state index contributed by atoms with van der Waals surface area (Å²) in [4.78, 5) is 11.9. The molecular weight excluding hydrogens is 220 g/mol. The largest absolute Gasteiger partial charge is 0.299 e. The van der Waals surface area contributed by atoms with Gasteiger partial charge < -0.3 is 0 Å². The monoisotopic (exact) mass is 246 g/mol. The summed E-state index contributed by atoms with van der Waals surface area (Å²) in [6.07, 6.45) is 4.23. The van der Waals surface area contributed by atoms with Crippen LogP contribution in [0.15, 0.2) is 24.3 Å². The third kappa shape index (κ3) is 3.01. The Kier molecular flexibility index (Phi) is 6.11. The first-order valence-electron chi connectivity index (χ1n) is 7.45. The molecule has 0 amide bonds. The van der Waals surface area contributed by atoms with E-state index in [2.05, 4.69) is 24.3 Å². The van der Waals surface area contributed by atoms with Crippen LogP contribution in [0.4, 0.5) is 0 Å². The summed E-state index contributed by atoms with van der Waals surface area (Å²) in [7, 11) is 0. The lowest BCUT2D eigenvalue weighted by atomic mass is 9.94. The maximum absolute atomic E-state index is 11.9. The number of hydrogen-bond donors (Lipinski definition) is 0. The van der Waals surface area contributed by atoms with Gasteiger partial charge in [-0.15, -0.1) is 0 Å². The number of hydrogen-bond acceptors (Lipinski definition) is 1. The Hall–Kier alpha value is -1.11. The van der Waals surface area contributed by atoms with Crippen LogP contribution in [0.25, 0.3) is 0 Å². The zero-order valence-corrected chi connectivity index (χ0v) is 12.2. The Balaban J connectivity index is 0.000000371. The normalized spacial score (nSPS) is 23.9. The molecule has 0 spiro atoms. The van der Waals surface area contributed by atoms with Gasteiger partial charge >= 0.3 is 0 Å². The van der Waals surface area contributed by atoms with Crippen LogP contribution in [0.5, 0.6) is 0 Å². The van der Waals surface area contributed by atoms with Crippen LogP contribution < -0.4 is 0 Å². The van der Waals surface area contributed by atoms with Crippen molar-refractivity contribution in [3.8, 4) is 0 Å². The SMILES string of the molecule is CC.CC.O=C1[C@@H]2CC[C@H]1Cc1ccccc1C2. The van der Waals surface area contributed by atoms with Gasteiger partial charge in [0.1, 0.15) is 5.78 Å². The minimum atomic E-state index is 0.337. The molecule has 100 valence electrons. The van der Waals surface area contributed by atoms with Gasteiger partial charge in [0.25, 0.3) is 0 Å². The van der Waals surface area contributed by atoms with E-state index in [-0.39, 0.29) is 0 Å². The van der Waals surface area contributed by atoms with Crippen molar-refractivity contribution in [2.45, 2.75) is 53.4 Å². The molecule has 0 N–H and O–H groups in total. The first-order chi connectivity index (χ1) is 8.84. The quantitative estimate of drug-likeness (QED) is 0.661. The second kappa shape index (κ2) is 7.35. The van der Waals surface area contributed by atoms with E-state index in [1.807, 2.05) is 27.7 Å². The Labute approximate surface area is 112 Å². The minimum Gasteiger partial charge on any atom is -0.299 e. The standard InChI is InChI=1S/C13H14O.2C2H6/c14-13-11-5-6-12(13)8-10-4-2-1-3-9(10)7-11;2*1-2/h1-4,11-12H,5-8H2;2*1-2H3/t11-,12+;;. The molecule has 1 heteroatoms. The smallest absolute Gasteiger partial charge is 0.139 e. The predicted octanol–water partition coefficient (Wildman–Crippen LogP) is 4.43. The Morgan fingerprint density at radius 1 is 0.833 bits per heavy atom. The van der Waals surface area contributed by atoms with Crippen LogP contribution in [0.2, 0.25) is 0 Å². The van der Waals surface area contributed by atoms with Crippen LogP contribution >= 0.6 is 0 Å². The van der Waals surface area contributed by atoms with Crippen molar-refractivity contribution in [2.24, 2.45) is 11.8 Å². The summed E-state index contributed by atoms with van der Waals surface area (Å²) in [5.41, 5.74) is 2.82. The second-order valence-corrected chi connectivity index (χ2v) is 4.55. The lowest BCUT2D eigenvalue weighted by molar-refractivity contribution is -0.123. The molecule has 2 atom stereocenters. The summed E-state index contributed by atoms with van der Waals surface area (Å²) < 4.78 is 0. The number of ketones is 1. The van der Waals surface area contributed by atoms with Crippen molar-refractivity contribution < 1.29 is 4.79 Å². The third-order valence-electron chi connectivity index (χ3n) is 3.72. The topological polar surface area (TPSA) is 17.1 Å². The third-order valence-corrected chi connectivity index (χ3v) is 3.72. The highest BCUT2D eigenvalue weighted by atomic mass is 16.1. The summed E-state index contributed by atoms with van der Waals surface area (Å²) in [5, 5.41) is 0. The van der Waals surface area contributed by atoms with Crippen molar-refractivity contribution in [2.75, 3.05) is 0 Å². The van der Waals surface area contributed by atoms with Crippen LogP contribution in [-0.4, -0.2) is 5.78 Å². The van der Waals surface area contributed by atoms with Gasteiger partial charge in [0.05, 0.1) is 0 Å². The van der Waals surface area contributed by atoms with E-state index in [9.17, 15) is 4.79 Å². The number of benzene rings is 1. The summed E-state index contributed by atoms with van der Waals surface area (Å²) in [5.74, 6) is 1.20. The predicted molar refractivity (Wildman–Crippen MR) is 77.8 cm³/mol. The molecule has 1 aromatic rings. The van der Waals surface area contributed by atoms with Crippen LogP contribution in [0.1, 0.15) is 51.7 Å². The number of carbonyl (C=O) groups is 1. The van der Waals surface area contributed by atoms with Crippen molar-refractivity contribution in [1.82, 2.24) is 0 Å². The molecule has 3 rings (SSSR count). The number of rotatable bonds is 0. The minimum absolute atomic E-state index is 0.337. The van der Waals surface area contributed by atoms with Crippen molar-refractivity contribution >= 4 is 5.78 Å². The first kappa shape index (κ1) is 14.9. The molecule has 1 fully saturated rings. The summed E-state index contributed by atoms with van der Waals surface area (Å²) in [6.45, 7) is 8.00. The van der Waals surface area contributed by atoms with E-state index in [0.717, 1.165) is 25.7 Å². The van der Waals surface area contributed by atoms with Gasteiger partial charge in [0, 0.05) is 11.8 Å². The maximum Gasteiger partial charge on any atom is 0.139 e. The number of fused-ring (bicyclic) bond motifs is 3. The molecule has 0 aromatic heterocycles. The van der Waals surface area contributed by atoms with Crippen molar-refractivity contribution in [3.05, 3.63) is 35.4 Å². The van der Waals surface area contributed by atoms with Crippen LogP contribution in [0, 0.1) is 11.8 Å².